The van der Waals surface area contributed by atoms with Gasteiger partial charge in [-0.25, -0.2) is 0 Å². The van der Waals surface area contributed by atoms with Crippen molar-refractivity contribution >= 4 is 23.2 Å². The van der Waals surface area contributed by atoms with Crippen LogP contribution in [-0.4, -0.2) is 5.11 Å². The quantitative estimate of drug-likeness (QED) is 0.666. The fraction of sp³-hybridized carbons (Fsp3) is 0.250. The van der Waals surface area contributed by atoms with Gasteiger partial charge in [0.15, 0.2) is 0 Å². The van der Waals surface area contributed by atoms with Crippen molar-refractivity contribution in [1.82, 2.24) is 0 Å². The number of phenolic OH excluding ortho intramolecular Hbond substituents is 1. The first-order chi connectivity index (χ1) is 5.04. The van der Waals surface area contributed by atoms with Gasteiger partial charge in [-0.3, -0.25) is 0 Å². The maximum absolute atomic E-state index is 9.40. The highest BCUT2D eigenvalue weighted by Gasteiger charge is 2.07. The van der Waals surface area contributed by atoms with Gasteiger partial charge in [-0.1, -0.05) is 23.2 Å². The third-order valence-corrected chi connectivity index (χ3v) is 2.47. The molecule has 0 atom stereocenters. The molecule has 0 spiro atoms. The van der Waals surface area contributed by atoms with Crippen LogP contribution in [0.5, 0.6) is 5.75 Å². The van der Waals surface area contributed by atoms with Gasteiger partial charge in [-0.05, 0) is 19.9 Å². The zero-order chi connectivity index (χ0) is 8.59. The summed E-state index contributed by atoms with van der Waals surface area (Å²) in [6.45, 7) is 3.50. The highest BCUT2D eigenvalue weighted by atomic mass is 35.5. The van der Waals surface area contributed by atoms with Crippen molar-refractivity contribution in [2.75, 3.05) is 0 Å². The van der Waals surface area contributed by atoms with Crippen LogP contribution >= 0.6 is 23.2 Å². The Morgan fingerprint density at radius 2 is 1.45 bits per heavy atom. The summed E-state index contributed by atoms with van der Waals surface area (Å²) in [5.74, 6) is 0.183. The largest absolute Gasteiger partial charge is 0.507 e. The molecule has 60 valence electrons. The lowest BCUT2D eigenvalue weighted by Crippen LogP contribution is -1.83. The predicted octanol–water partition coefficient (Wildman–Crippen LogP) is 3.32. The molecule has 0 bridgehead atoms. The minimum atomic E-state index is 0.183. The molecule has 1 nitrogen and oxygen atoms in total. The van der Waals surface area contributed by atoms with Crippen molar-refractivity contribution in [2.45, 2.75) is 13.8 Å². The van der Waals surface area contributed by atoms with E-state index in [9.17, 15) is 5.11 Å². The molecule has 0 saturated carbocycles. The predicted molar refractivity (Wildman–Crippen MR) is 47.6 cm³/mol. The molecule has 0 aliphatic rings. The molecule has 0 saturated heterocycles. The lowest BCUT2D eigenvalue weighted by Gasteiger charge is -2.06. The zero-order valence-corrected chi connectivity index (χ0v) is 7.79. The number of hydrogen-bond donors (Lipinski definition) is 1. The van der Waals surface area contributed by atoms with E-state index >= 15 is 0 Å². The van der Waals surface area contributed by atoms with Gasteiger partial charge in [0.05, 0.1) is 0 Å². The fourth-order valence-electron chi connectivity index (χ4n) is 0.835. The Morgan fingerprint density at radius 1 is 1.09 bits per heavy atom. The van der Waals surface area contributed by atoms with Gasteiger partial charge in [0.25, 0.3) is 0 Å². The van der Waals surface area contributed by atoms with E-state index in [2.05, 4.69) is 0 Å². The van der Waals surface area contributed by atoms with Crippen LogP contribution in [0.15, 0.2) is 6.07 Å². The van der Waals surface area contributed by atoms with Gasteiger partial charge >= 0.3 is 0 Å². The highest BCUT2D eigenvalue weighted by molar-refractivity contribution is 6.35. The molecule has 1 aromatic carbocycles. The lowest BCUT2D eigenvalue weighted by molar-refractivity contribution is 0.467. The smallest absolute Gasteiger partial charge is 0.124 e. The molecule has 3 heteroatoms. The number of hydrogen-bond acceptors (Lipinski definition) is 1. The zero-order valence-electron chi connectivity index (χ0n) is 6.28. The molecule has 0 unspecified atom stereocenters. The molecule has 0 aliphatic carbocycles. The van der Waals surface area contributed by atoms with Crippen LogP contribution in [0.25, 0.3) is 0 Å². The molecule has 0 heterocycles. The third-order valence-electron chi connectivity index (χ3n) is 1.68. The number of benzene rings is 1. The van der Waals surface area contributed by atoms with Crippen LogP contribution in [-0.2, 0) is 0 Å². The Balaban J connectivity index is 3.46. The van der Waals surface area contributed by atoms with E-state index < -0.39 is 0 Å². The molecule has 1 aromatic rings. The molecule has 0 radical (unpaired) electrons. The van der Waals surface area contributed by atoms with Crippen LogP contribution in [0.1, 0.15) is 11.1 Å². The molecular weight excluding hydrogens is 183 g/mol. The van der Waals surface area contributed by atoms with Crippen LogP contribution in [0.2, 0.25) is 10.0 Å². The Kier molecular flexibility index (Phi) is 2.31. The SMILES string of the molecule is Cc1c(Cl)cc(Cl)c(C)c1O. The molecular formula is C8H8Cl2O. The highest BCUT2D eigenvalue weighted by Crippen LogP contribution is 2.33. The van der Waals surface area contributed by atoms with Crippen molar-refractivity contribution in [3.8, 4) is 5.75 Å². The molecule has 0 aromatic heterocycles. The molecule has 1 rings (SSSR count). The van der Waals surface area contributed by atoms with Crippen LogP contribution < -0.4 is 0 Å². The third kappa shape index (κ3) is 1.44. The number of rotatable bonds is 0. The molecule has 1 N–H and O–H groups in total. The van der Waals surface area contributed by atoms with Crippen molar-refractivity contribution in [2.24, 2.45) is 0 Å². The second kappa shape index (κ2) is 2.92. The van der Waals surface area contributed by atoms with Crippen molar-refractivity contribution in [3.63, 3.8) is 0 Å². The number of aromatic hydroxyl groups is 1. The first kappa shape index (κ1) is 8.69. The average molecular weight is 191 g/mol. The van der Waals surface area contributed by atoms with E-state index in [0.717, 1.165) is 0 Å². The maximum atomic E-state index is 9.40. The van der Waals surface area contributed by atoms with E-state index in [1.54, 1.807) is 19.9 Å². The van der Waals surface area contributed by atoms with E-state index in [1.807, 2.05) is 0 Å². The maximum Gasteiger partial charge on any atom is 0.124 e. The monoisotopic (exact) mass is 190 g/mol. The van der Waals surface area contributed by atoms with Gasteiger partial charge in [0.2, 0.25) is 0 Å². The summed E-state index contributed by atoms with van der Waals surface area (Å²) in [6.07, 6.45) is 0. The topological polar surface area (TPSA) is 20.2 Å². The van der Waals surface area contributed by atoms with Crippen LogP contribution in [0.3, 0.4) is 0 Å². The van der Waals surface area contributed by atoms with Crippen LogP contribution in [0, 0.1) is 13.8 Å². The normalized spacial score (nSPS) is 10.2. The lowest BCUT2D eigenvalue weighted by atomic mass is 10.1. The minimum absolute atomic E-state index is 0.183. The summed E-state index contributed by atoms with van der Waals surface area (Å²) in [5, 5.41) is 10.4. The molecule has 0 aliphatic heterocycles. The van der Waals surface area contributed by atoms with Gasteiger partial charge in [0, 0.05) is 21.2 Å². The average Bonchev–Trinajstić information content (AvgIpc) is 1.97. The summed E-state index contributed by atoms with van der Waals surface area (Å²) >= 11 is 11.5. The Labute approximate surface area is 75.6 Å². The van der Waals surface area contributed by atoms with E-state index in [4.69, 9.17) is 23.2 Å². The second-order valence-corrected chi connectivity index (χ2v) is 3.25. The standard InChI is InChI=1S/C8H8Cl2O/c1-4-6(9)3-7(10)5(2)8(4)11/h3,11H,1-2H3. The first-order valence-electron chi connectivity index (χ1n) is 3.18. The summed E-state index contributed by atoms with van der Waals surface area (Å²) in [7, 11) is 0. The Bertz CT molecular complexity index is 268. The van der Waals surface area contributed by atoms with Crippen LogP contribution in [0.4, 0.5) is 0 Å². The molecule has 11 heavy (non-hydrogen) atoms. The Hall–Kier alpha value is -0.400. The van der Waals surface area contributed by atoms with E-state index in [0.29, 0.717) is 21.2 Å². The van der Waals surface area contributed by atoms with Crippen molar-refractivity contribution in [1.29, 1.82) is 0 Å². The first-order valence-corrected chi connectivity index (χ1v) is 3.93. The second-order valence-electron chi connectivity index (χ2n) is 2.44. The molecule has 0 fully saturated rings. The van der Waals surface area contributed by atoms with E-state index in [-0.39, 0.29) is 5.75 Å². The summed E-state index contributed by atoms with van der Waals surface area (Å²) in [6, 6.07) is 1.63. The van der Waals surface area contributed by atoms with E-state index in [1.165, 1.54) is 0 Å². The van der Waals surface area contributed by atoms with Gasteiger partial charge in [0.1, 0.15) is 5.75 Å². The molecule has 0 amide bonds. The van der Waals surface area contributed by atoms with Gasteiger partial charge < -0.3 is 5.11 Å². The van der Waals surface area contributed by atoms with Crippen molar-refractivity contribution in [3.05, 3.63) is 27.2 Å². The van der Waals surface area contributed by atoms with Gasteiger partial charge in [-0.2, -0.15) is 0 Å². The minimum Gasteiger partial charge on any atom is -0.507 e. The van der Waals surface area contributed by atoms with Gasteiger partial charge in [-0.15, -0.1) is 0 Å². The fourth-order valence-corrected chi connectivity index (χ4v) is 1.29. The Morgan fingerprint density at radius 3 is 1.82 bits per heavy atom. The summed E-state index contributed by atoms with van der Waals surface area (Å²) < 4.78 is 0. The number of phenols is 1. The summed E-state index contributed by atoms with van der Waals surface area (Å²) in [4.78, 5) is 0. The van der Waals surface area contributed by atoms with Crippen molar-refractivity contribution < 1.29 is 5.11 Å². The number of halogens is 2. The summed E-state index contributed by atoms with van der Waals surface area (Å²) in [5.41, 5.74) is 1.35.